The summed E-state index contributed by atoms with van der Waals surface area (Å²) in [6, 6.07) is 19.5. The predicted molar refractivity (Wildman–Crippen MR) is 131 cm³/mol. The molecule has 0 radical (unpaired) electrons. The minimum Gasteiger partial charge on any atom is -0.390 e. The third kappa shape index (κ3) is 4.45. The molecule has 1 aromatic heterocycles. The molecule has 3 aliphatic rings. The van der Waals surface area contributed by atoms with Crippen LogP contribution in [0.1, 0.15) is 41.9 Å². The molecule has 1 saturated carbocycles. The Morgan fingerprint density at radius 1 is 0.909 bits per heavy atom. The summed E-state index contributed by atoms with van der Waals surface area (Å²) in [4.78, 5) is 13.6. The first-order valence-corrected chi connectivity index (χ1v) is 12.2. The lowest BCUT2D eigenvalue weighted by Crippen LogP contribution is -2.55. The minimum atomic E-state index is -0.398. The highest BCUT2D eigenvalue weighted by atomic mass is 16.3. The van der Waals surface area contributed by atoms with Crippen molar-refractivity contribution in [3.05, 3.63) is 77.6 Å². The molecule has 6 nitrogen and oxygen atoms in total. The van der Waals surface area contributed by atoms with E-state index < -0.39 is 6.10 Å². The maximum absolute atomic E-state index is 11.1. The van der Waals surface area contributed by atoms with Crippen molar-refractivity contribution < 1.29 is 5.11 Å². The van der Waals surface area contributed by atoms with Gasteiger partial charge in [0.25, 0.3) is 0 Å². The highest BCUT2D eigenvalue weighted by molar-refractivity contribution is 5.60. The third-order valence-corrected chi connectivity index (χ3v) is 7.36. The summed E-state index contributed by atoms with van der Waals surface area (Å²) in [6.45, 7) is 3.42. The van der Waals surface area contributed by atoms with E-state index in [-0.39, 0.29) is 6.04 Å². The Labute approximate surface area is 195 Å². The van der Waals surface area contributed by atoms with Crippen LogP contribution >= 0.6 is 0 Å². The second kappa shape index (κ2) is 8.76. The monoisotopic (exact) mass is 441 g/mol. The highest BCUT2D eigenvalue weighted by Crippen LogP contribution is 2.40. The van der Waals surface area contributed by atoms with Crippen molar-refractivity contribution in [3.8, 4) is 0 Å². The zero-order valence-corrected chi connectivity index (χ0v) is 18.9. The fourth-order valence-electron chi connectivity index (χ4n) is 5.38. The summed E-state index contributed by atoms with van der Waals surface area (Å²) in [5.74, 6) is 2.38. The number of β-amino-alcohol motifs (C(OH)–C–C–N with tert-alkyl or cyclic N) is 1. The van der Waals surface area contributed by atoms with Crippen LogP contribution in [0.25, 0.3) is 0 Å². The van der Waals surface area contributed by atoms with Crippen molar-refractivity contribution in [2.24, 2.45) is 0 Å². The van der Waals surface area contributed by atoms with E-state index in [0.29, 0.717) is 6.54 Å². The van der Waals surface area contributed by atoms with Gasteiger partial charge in [-0.3, -0.25) is 4.90 Å². The van der Waals surface area contributed by atoms with Gasteiger partial charge in [-0.05, 0) is 60.4 Å². The SMILES string of the molecule is O[C@@H]1CN(c2cc(Nc3cccc(C4CC4)c3)ncn2)CC[C@H]1N1CCc2ccccc2C1. The Morgan fingerprint density at radius 3 is 2.64 bits per heavy atom. The van der Waals surface area contributed by atoms with Gasteiger partial charge in [0, 0.05) is 44.0 Å². The van der Waals surface area contributed by atoms with Crippen LogP contribution in [0.3, 0.4) is 0 Å². The second-order valence-corrected chi connectivity index (χ2v) is 9.64. The number of nitrogens with zero attached hydrogens (tertiary/aromatic N) is 4. The van der Waals surface area contributed by atoms with E-state index in [1.54, 1.807) is 6.33 Å². The number of piperidine rings is 1. The molecule has 3 aromatic rings. The molecule has 170 valence electrons. The fraction of sp³-hybridized carbons (Fsp3) is 0.407. The van der Waals surface area contributed by atoms with Crippen LogP contribution in [0.5, 0.6) is 0 Å². The smallest absolute Gasteiger partial charge is 0.135 e. The topological polar surface area (TPSA) is 64.5 Å². The van der Waals surface area contributed by atoms with Crippen molar-refractivity contribution >= 4 is 17.3 Å². The van der Waals surface area contributed by atoms with Crippen molar-refractivity contribution in [1.82, 2.24) is 14.9 Å². The molecule has 1 saturated heterocycles. The van der Waals surface area contributed by atoms with Gasteiger partial charge in [0.2, 0.25) is 0 Å². The summed E-state index contributed by atoms with van der Waals surface area (Å²) >= 11 is 0. The number of rotatable bonds is 5. The van der Waals surface area contributed by atoms with Crippen LogP contribution in [0, 0.1) is 0 Å². The lowest BCUT2D eigenvalue weighted by molar-refractivity contribution is 0.0293. The average Bonchev–Trinajstić information content (AvgIpc) is 3.70. The summed E-state index contributed by atoms with van der Waals surface area (Å²) in [5.41, 5.74) is 5.31. The first-order chi connectivity index (χ1) is 16.2. The van der Waals surface area contributed by atoms with Gasteiger partial charge in [-0.25, -0.2) is 9.97 Å². The summed E-state index contributed by atoms with van der Waals surface area (Å²) in [5, 5.41) is 14.5. The largest absolute Gasteiger partial charge is 0.390 e. The van der Waals surface area contributed by atoms with Crippen molar-refractivity contribution in [2.45, 2.75) is 50.3 Å². The van der Waals surface area contributed by atoms with E-state index in [1.165, 1.54) is 29.5 Å². The van der Waals surface area contributed by atoms with Gasteiger partial charge in [-0.2, -0.15) is 0 Å². The maximum Gasteiger partial charge on any atom is 0.135 e. The molecule has 0 bridgehead atoms. The number of hydrogen-bond donors (Lipinski definition) is 2. The van der Waals surface area contributed by atoms with Crippen LogP contribution in [0.2, 0.25) is 0 Å². The number of aliphatic hydroxyl groups is 1. The number of hydrogen-bond acceptors (Lipinski definition) is 6. The Balaban J connectivity index is 1.11. The van der Waals surface area contributed by atoms with Gasteiger partial charge in [-0.1, -0.05) is 36.4 Å². The number of fused-ring (bicyclic) bond motifs is 1. The first-order valence-electron chi connectivity index (χ1n) is 12.2. The Hall–Kier alpha value is -2.96. The summed E-state index contributed by atoms with van der Waals surface area (Å²) < 4.78 is 0. The van der Waals surface area contributed by atoms with Crippen molar-refractivity contribution in [3.63, 3.8) is 0 Å². The van der Waals surface area contributed by atoms with Crippen LogP contribution in [0.15, 0.2) is 60.9 Å². The van der Waals surface area contributed by atoms with E-state index in [1.807, 2.05) is 6.07 Å². The first kappa shape index (κ1) is 20.6. The van der Waals surface area contributed by atoms with Crippen LogP contribution in [-0.4, -0.2) is 51.8 Å². The summed E-state index contributed by atoms with van der Waals surface area (Å²) in [6.07, 6.45) is 5.80. The molecular formula is C27H31N5O. The van der Waals surface area contributed by atoms with E-state index in [9.17, 15) is 5.11 Å². The molecule has 6 rings (SSSR count). The molecule has 2 aromatic carbocycles. The zero-order valence-electron chi connectivity index (χ0n) is 18.9. The standard InChI is InChI=1S/C27H31N5O/c33-25-17-32(13-11-24(25)31-12-10-19-4-1-2-5-22(19)16-31)27-15-26(28-18-29-27)30-23-7-3-6-21(14-23)20-8-9-20/h1-7,14-15,18,20,24-25,33H,8-13,16-17H2,(H,28,29,30)/t24-,25-/m1/s1. The Kier molecular flexibility index (Phi) is 5.48. The second-order valence-electron chi connectivity index (χ2n) is 9.64. The van der Waals surface area contributed by atoms with E-state index >= 15 is 0 Å². The molecule has 1 aliphatic carbocycles. The molecule has 2 N–H and O–H groups in total. The number of aromatic nitrogens is 2. The normalized spacial score (nSPS) is 23.2. The minimum absolute atomic E-state index is 0.194. The molecule has 2 aliphatic heterocycles. The van der Waals surface area contributed by atoms with Crippen LogP contribution in [-0.2, 0) is 13.0 Å². The summed E-state index contributed by atoms with van der Waals surface area (Å²) in [7, 11) is 0. The molecule has 33 heavy (non-hydrogen) atoms. The fourth-order valence-corrected chi connectivity index (χ4v) is 5.38. The predicted octanol–water partition coefficient (Wildman–Crippen LogP) is 4.10. The molecule has 0 unspecified atom stereocenters. The van der Waals surface area contributed by atoms with Gasteiger partial charge >= 0.3 is 0 Å². The number of nitrogens with one attached hydrogen (secondary N) is 1. The van der Waals surface area contributed by atoms with Crippen LogP contribution < -0.4 is 10.2 Å². The number of benzene rings is 2. The highest BCUT2D eigenvalue weighted by Gasteiger charge is 2.34. The van der Waals surface area contributed by atoms with Gasteiger partial charge in [0.05, 0.1) is 6.10 Å². The van der Waals surface area contributed by atoms with Gasteiger partial charge in [0.1, 0.15) is 18.0 Å². The molecular weight excluding hydrogens is 410 g/mol. The maximum atomic E-state index is 11.1. The number of anilines is 3. The van der Waals surface area contributed by atoms with Crippen LogP contribution in [0.4, 0.5) is 17.3 Å². The van der Waals surface area contributed by atoms with Crippen molar-refractivity contribution in [1.29, 1.82) is 0 Å². The van der Waals surface area contributed by atoms with E-state index in [4.69, 9.17) is 0 Å². The van der Waals surface area contributed by atoms with Gasteiger partial charge in [0.15, 0.2) is 0 Å². The Bertz CT molecular complexity index is 1130. The van der Waals surface area contributed by atoms with Gasteiger partial charge < -0.3 is 15.3 Å². The zero-order chi connectivity index (χ0) is 22.2. The molecule has 2 atom stereocenters. The molecule has 2 fully saturated rings. The van der Waals surface area contributed by atoms with Gasteiger partial charge in [-0.15, -0.1) is 0 Å². The van der Waals surface area contributed by atoms with E-state index in [2.05, 4.69) is 73.6 Å². The molecule has 3 heterocycles. The third-order valence-electron chi connectivity index (χ3n) is 7.36. The molecule has 0 spiro atoms. The molecule has 0 amide bonds. The number of aliphatic hydroxyl groups excluding tert-OH is 1. The van der Waals surface area contributed by atoms with E-state index in [0.717, 1.165) is 55.7 Å². The van der Waals surface area contributed by atoms with Crippen molar-refractivity contribution in [2.75, 3.05) is 29.9 Å². The lowest BCUT2D eigenvalue weighted by atomic mass is 9.94. The molecule has 6 heteroatoms. The average molecular weight is 442 g/mol. The Morgan fingerprint density at radius 2 is 1.79 bits per heavy atom. The lowest BCUT2D eigenvalue weighted by Gasteiger charge is -2.43. The quantitative estimate of drug-likeness (QED) is 0.622.